The molecule has 0 spiro atoms. The maximum Gasteiger partial charge on any atom is 0.414 e. The van der Waals surface area contributed by atoms with Crippen LogP contribution >= 0.6 is 23.8 Å². The molecule has 0 aliphatic carbocycles. The van der Waals surface area contributed by atoms with Crippen LogP contribution in [0.1, 0.15) is 6.92 Å². The van der Waals surface area contributed by atoms with Crippen LogP contribution in [0.3, 0.4) is 0 Å². The lowest BCUT2D eigenvalue weighted by atomic mass is 10.2. The fourth-order valence-electron chi connectivity index (χ4n) is 3.84. The minimum atomic E-state index is -0.313. The number of benzene rings is 2. The molecule has 0 aromatic heterocycles. The Hall–Kier alpha value is -2.51. The van der Waals surface area contributed by atoms with Crippen molar-refractivity contribution in [3.63, 3.8) is 0 Å². The van der Waals surface area contributed by atoms with Gasteiger partial charge in [-0.1, -0.05) is 29.9 Å². The monoisotopic (exact) mass is 444 g/mol. The van der Waals surface area contributed by atoms with Crippen molar-refractivity contribution in [3.8, 4) is 0 Å². The number of nitrogens with one attached hydrogen (secondary N) is 1. The molecule has 4 rings (SSSR count). The standard InChI is InChI=1S/C22H25ClN4O2S/c1-16(30)24-14-21-15-27(22(28)29-21)19-7-5-18(6-8-19)25-9-11-26(12-10-25)20-4-2-3-17(23)13-20/h2-8,13,21H,9-12,14-15H2,1H3,(H,24,30)/t21-/m0/s1. The van der Waals surface area contributed by atoms with E-state index in [1.165, 1.54) is 0 Å². The van der Waals surface area contributed by atoms with Crippen LogP contribution in [0.2, 0.25) is 5.02 Å². The maximum absolute atomic E-state index is 12.2. The molecule has 2 fully saturated rings. The van der Waals surface area contributed by atoms with Crippen LogP contribution in [-0.2, 0) is 4.74 Å². The van der Waals surface area contributed by atoms with Crippen molar-refractivity contribution < 1.29 is 9.53 Å². The summed E-state index contributed by atoms with van der Waals surface area (Å²) in [7, 11) is 0. The van der Waals surface area contributed by atoms with E-state index < -0.39 is 0 Å². The van der Waals surface area contributed by atoms with E-state index in [4.69, 9.17) is 28.6 Å². The summed E-state index contributed by atoms with van der Waals surface area (Å²) in [5.74, 6) is 0. The highest BCUT2D eigenvalue weighted by atomic mass is 35.5. The number of rotatable bonds is 5. The molecule has 158 valence electrons. The Morgan fingerprint density at radius 2 is 1.70 bits per heavy atom. The van der Waals surface area contributed by atoms with E-state index in [1.54, 1.807) is 4.90 Å². The van der Waals surface area contributed by atoms with Crippen molar-refractivity contribution in [2.75, 3.05) is 54.0 Å². The summed E-state index contributed by atoms with van der Waals surface area (Å²) in [6.45, 7) is 6.61. The van der Waals surface area contributed by atoms with Crippen molar-refractivity contribution in [1.29, 1.82) is 0 Å². The molecule has 30 heavy (non-hydrogen) atoms. The van der Waals surface area contributed by atoms with Crippen LogP contribution in [0.25, 0.3) is 0 Å². The Labute approximate surface area is 187 Å². The molecule has 2 heterocycles. The van der Waals surface area contributed by atoms with E-state index in [9.17, 15) is 4.79 Å². The zero-order valence-corrected chi connectivity index (χ0v) is 18.5. The van der Waals surface area contributed by atoms with Gasteiger partial charge in [0.05, 0.1) is 18.1 Å². The zero-order valence-electron chi connectivity index (χ0n) is 16.9. The summed E-state index contributed by atoms with van der Waals surface area (Å²) < 4.78 is 5.43. The molecule has 0 saturated carbocycles. The largest absolute Gasteiger partial charge is 0.442 e. The molecule has 6 nitrogen and oxygen atoms in total. The lowest BCUT2D eigenvalue weighted by Gasteiger charge is -2.37. The van der Waals surface area contributed by atoms with Crippen LogP contribution < -0.4 is 20.0 Å². The van der Waals surface area contributed by atoms with Gasteiger partial charge in [0, 0.05) is 48.3 Å². The van der Waals surface area contributed by atoms with E-state index in [-0.39, 0.29) is 12.2 Å². The molecule has 8 heteroatoms. The van der Waals surface area contributed by atoms with E-state index in [0.717, 1.165) is 48.3 Å². The van der Waals surface area contributed by atoms with E-state index in [2.05, 4.69) is 33.3 Å². The number of hydrogen-bond donors (Lipinski definition) is 1. The van der Waals surface area contributed by atoms with Crippen molar-refractivity contribution in [2.45, 2.75) is 13.0 Å². The Morgan fingerprint density at radius 3 is 2.33 bits per heavy atom. The Kier molecular flexibility index (Phi) is 6.29. The Morgan fingerprint density at radius 1 is 1.07 bits per heavy atom. The number of cyclic esters (lactones) is 1. The summed E-state index contributed by atoms with van der Waals surface area (Å²) in [4.78, 5) is 19.3. The predicted molar refractivity (Wildman–Crippen MR) is 126 cm³/mol. The van der Waals surface area contributed by atoms with Gasteiger partial charge in [-0.25, -0.2) is 4.79 Å². The Bertz CT molecular complexity index is 916. The van der Waals surface area contributed by atoms with Gasteiger partial charge in [0.25, 0.3) is 0 Å². The fourth-order valence-corrected chi connectivity index (χ4v) is 4.10. The average Bonchev–Trinajstić information content (AvgIpc) is 3.13. The molecule has 2 aliphatic rings. The number of piperazine rings is 1. The van der Waals surface area contributed by atoms with Gasteiger partial charge < -0.3 is 19.9 Å². The van der Waals surface area contributed by atoms with Gasteiger partial charge in [-0.05, 0) is 49.4 Å². The second kappa shape index (κ2) is 9.10. The predicted octanol–water partition coefficient (Wildman–Crippen LogP) is 3.93. The number of anilines is 3. The summed E-state index contributed by atoms with van der Waals surface area (Å²) >= 11 is 11.1. The van der Waals surface area contributed by atoms with Crippen LogP contribution in [0.5, 0.6) is 0 Å². The number of carbonyl (C=O) groups excluding carboxylic acids is 1. The van der Waals surface area contributed by atoms with Crippen molar-refractivity contribution in [2.24, 2.45) is 0 Å². The molecule has 0 bridgehead atoms. The minimum Gasteiger partial charge on any atom is -0.442 e. The number of carbonyl (C=O) groups is 1. The smallest absolute Gasteiger partial charge is 0.414 e. The molecule has 2 aromatic rings. The third kappa shape index (κ3) is 4.79. The van der Waals surface area contributed by atoms with Gasteiger partial charge in [-0.2, -0.15) is 0 Å². The summed E-state index contributed by atoms with van der Waals surface area (Å²) in [5.41, 5.74) is 3.17. The van der Waals surface area contributed by atoms with Crippen LogP contribution in [0.4, 0.5) is 21.9 Å². The number of hydrogen-bond acceptors (Lipinski definition) is 5. The molecular formula is C22H25ClN4O2S. The first-order valence-electron chi connectivity index (χ1n) is 10.1. The van der Waals surface area contributed by atoms with Crippen molar-refractivity contribution in [3.05, 3.63) is 53.6 Å². The quantitative estimate of drug-likeness (QED) is 0.705. The topological polar surface area (TPSA) is 48.0 Å². The van der Waals surface area contributed by atoms with Crippen LogP contribution in [0, 0.1) is 0 Å². The number of halogens is 1. The number of amides is 1. The van der Waals surface area contributed by atoms with E-state index in [0.29, 0.717) is 18.1 Å². The number of ether oxygens (including phenoxy) is 1. The highest BCUT2D eigenvalue weighted by Gasteiger charge is 2.32. The normalized spacial score (nSPS) is 19.1. The molecule has 1 amide bonds. The van der Waals surface area contributed by atoms with Crippen LogP contribution in [-0.4, -0.2) is 56.5 Å². The van der Waals surface area contributed by atoms with Gasteiger partial charge in [-0.3, -0.25) is 4.90 Å². The van der Waals surface area contributed by atoms with Crippen LogP contribution in [0.15, 0.2) is 48.5 Å². The molecule has 2 saturated heterocycles. The van der Waals surface area contributed by atoms with Gasteiger partial charge >= 0.3 is 6.09 Å². The van der Waals surface area contributed by atoms with Crippen molar-refractivity contribution in [1.82, 2.24) is 5.32 Å². The highest BCUT2D eigenvalue weighted by molar-refractivity contribution is 7.80. The third-order valence-electron chi connectivity index (χ3n) is 5.43. The maximum atomic E-state index is 12.2. The highest BCUT2D eigenvalue weighted by Crippen LogP contribution is 2.27. The fraction of sp³-hybridized carbons (Fsp3) is 0.364. The van der Waals surface area contributed by atoms with Gasteiger partial charge in [-0.15, -0.1) is 0 Å². The molecule has 2 aromatic carbocycles. The van der Waals surface area contributed by atoms with E-state index >= 15 is 0 Å². The first-order valence-corrected chi connectivity index (χ1v) is 10.9. The lowest BCUT2D eigenvalue weighted by molar-refractivity contribution is 0.143. The number of thiocarbonyl (C=S) groups is 1. The first-order chi connectivity index (χ1) is 14.5. The first kappa shape index (κ1) is 20.8. The van der Waals surface area contributed by atoms with Gasteiger partial charge in [0.15, 0.2) is 0 Å². The Balaban J connectivity index is 1.34. The molecule has 0 unspecified atom stereocenters. The summed E-state index contributed by atoms with van der Waals surface area (Å²) in [6, 6.07) is 16.1. The molecule has 2 aliphatic heterocycles. The third-order valence-corrected chi connectivity index (χ3v) is 5.81. The minimum absolute atomic E-state index is 0.199. The zero-order chi connectivity index (χ0) is 21.1. The number of nitrogens with zero attached hydrogens (tertiary/aromatic N) is 3. The van der Waals surface area contributed by atoms with Gasteiger partial charge in [0.1, 0.15) is 6.10 Å². The molecule has 0 radical (unpaired) electrons. The van der Waals surface area contributed by atoms with Crippen molar-refractivity contribution >= 4 is 52.0 Å². The summed E-state index contributed by atoms with van der Waals surface area (Å²) in [6.07, 6.45) is -0.513. The summed E-state index contributed by atoms with van der Waals surface area (Å²) in [5, 5.41) is 3.83. The molecular weight excluding hydrogens is 420 g/mol. The second-order valence-corrected chi connectivity index (χ2v) is 8.57. The molecule has 1 atom stereocenters. The molecule has 1 N–H and O–H groups in total. The van der Waals surface area contributed by atoms with E-state index in [1.807, 2.05) is 37.3 Å². The second-order valence-electron chi connectivity index (χ2n) is 7.52. The lowest BCUT2D eigenvalue weighted by Crippen LogP contribution is -2.46. The van der Waals surface area contributed by atoms with Gasteiger partial charge in [0.2, 0.25) is 0 Å². The SMILES string of the molecule is CC(=S)NC[C@H]1CN(c2ccc(N3CCN(c4cccc(Cl)c4)CC3)cc2)C(=O)O1. The average molecular weight is 445 g/mol.